The van der Waals surface area contributed by atoms with E-state index in [1.165, 1.54) is 13.0 Å². The first kappa shape index (κ1) is 16.3. The Hall–Kier alpha value is -2.06. The monoisotopic (exact) mass is 319 g/mol. The Kier molecular flexibility index (Phi) is 4.43. The number of aromatic nitrogens is 1. The van der Waals surface area contributed by atoms with Crippen molar-refractivity contribution in [2.45, 2.75) is 44.9 Å². The Morgan fingerprint density at radius 2 is 2.09 bits per heavy atom. The highest BCUT2D eigenvalue weighted by Gasteiger charge is 2.48. The van der Waals surface area contributed by atoms with Crippen molar-refractivity contribution < 1.29 is 27.3 Å². The summed E-state index contributed by atoms with van der Waals surface area (Å²) in [5.74, 6) is -1.47. The van der Waals surface area contributed by atoms with Gasteiger partial charge in [-0.1, -0.05) is 5.16 Å². The van der Waals surface area contributed by atoms with E-state index in [2.05, 4.69) is 10.5 Å². The standard InChI is InChI=1S/C13H16F3N3O3/c1-7-5-10(22-18-7)12(21)19-6-9(17-8(2)20)3-4-11(19)13(14,15)16/h5,9,11H,3-4,6H2,1-2H3,(H,17,20). The summed E-state index contributed by atoms with van der Waals surface area (Å²) in [4.78, 5) is 24.1. The second-order valence-corrected chi connectivity index (χ2v) is 5.32. The van der Waals surface area contributed by atoms with E-state index in [-0.39, 0.29) is 31.1 Å². The van der Waals surface area contributed by atoms with Crippen LogP contribution in [0.25, 0.3) is 0 Å². The summed E-state index contributed by atoms with van der Waals surface area (Å²) in [6.07, 6.45) is -4.65. The van der Waals surface area contributed by atoms with E-state index in [1.54, 1.807) is 6.92 Å². The summed E-state index contributed by atoms with van der Waals surface area (Å²) in [5, 5.41) is 6.06. The summed E-state index contributed by atoms with van der Waals surface area (Å²) in [6.45, 7) is 2.63. The van der Waals surface area contributed by atoms with Gasteiger partial charge in [-0.3, -0.25) is 9.59 Å². The van der Waals surface area contributed by atoms with Gasteiger partial charge >= 0.3 is 6.18 Å². The third-order valence-electron chi connectivity index (χ3n) is 3.47. The van der Waals surface area contributed by atoms with Crippen molar-refractivity contribution in [2.24, 2.45) is 0 Å². The molecule has 2 amide bonds. The molecule has 2 atom stereocenters. The lowest BCUT2D eigenvalue weighted by Crippen LogP contribution is -2.58. The van der Waals surface area contributed by atoms with E-state index in [1.807, 2.05) is 0 Å². The predicted molar refractivity (Wildman–Crippen MR) is 69.0 cm³/mol. The smallest absolute Gasteiger partial charge is 0.352 e. The Bertz CT molecular complexity index is 570. The van der Waals surface area contributed by atoms with Crippen LogP contribution < -0.4 is 5.32 Å². The number of rotatable bonds is 2. The fourth-order valence-corrected chi connectivity index (χ4v) is 2.55. The van der Waals surface area contributed by atoms with Crippen LogP contribution in [-0.2, 0) is 4.79 Å². The van der Waals surface area contributed by atoms with Crippen LogP contribution in [0.3, 0.4) is 0 Å². The molecule has 22 heavy (non-hydrogen) atoms. The van der Waals surface area contributed by atoms with Gasteiger partial charge in [0.1, 0.15) is 6.04 Å². The highest BCUT2D eigenvalue weighted by molar-refractivity contribution is 5.92. The van der Waals surface area contributed by atoms with Crippen molar-refractivity contribution in [3.8, 4) is 0 Å². The second-order valence-electron chi connectivity index (χ2n) is 5.32. The minimum absolute atomic E-state index is 0.156. The summed E-state index contributed by atoms with van der Waals surface area (Å²) in [7, 11) is 0. The Labute approximate surface area is 124 Å². The average Bonchev–Trinajstić information content (AvgIpc) is 2.82. The van der Waals surface area contributed by atoms with Crippen LogP contribution in [0.1, 0.15) is 36.0 Å². The number of amides is 2. The Balaban J connectivity index is 2.23. The molecule has 0 spiro atoms. The first-order valence-electron chi connectivity index (χ1n) is 6.76. The number of nitrogens with zero attached hydrogens (tertiary/aromatic N) is 2. The maximum Gasteiger partial charge on any atom is 0.408 e. The molecule has 1 N–H and O–H groups in total. The van der Waals surface area contributed by atoms with E-state index in [9.17, 15) is 22.8 Å². The predicted octanol–water partition coefficient (Wildman–Crippen LogP) is 1.65. The largest absolute Gasteiger partial charge is 0.408 e. The fourth-order valence-electron chi connectivity index (χ4n) is 2.55. The maximum atomic E-state index is 13.1. The van der Waals surface area contributed by atoms with Crippen molar-refractivity contribution in [1.29, 1.82) is 0 Å². The van der Waals surface area contributed by atoms with Gasteiger partial charge in [-0.05, 0) is 19.8 Å². The molecule has 0 saturated carbocycles. The van der Waals surface area contributed by atoms with Gasteiger partial charge < -0.3 is 14.7 Å². The zero-order chi connectivity index (χ0) is 16.5. The molecule has 2 unspecified atom stereocenters. The number of aryl methyl sites for hydroxylation is 1. The summed E-state index contributed by atoms with van der Waals surface area (Å²) in [6, 6.07) is -1.11. The number of nitrogens with one attached hydrogen (secondary N) is 1. The van der Waals surface area contributed by atoms with Gasteiger partial charge in [0.25, 0.3) is 5.91 Å². The van der Waals surface area contributed by atoms with Crippen molar-refractivity contribution in [3.63, 3.8) is 0 Å². The molecule has 2 heterocycles. The number of alkyl halides is 3. The number of hydrogen-bond donors (Lipinski definition) is 1. The van der Waals surface area contributed by atoms with Crippen LogP contribution in [0.2, 0.25) is 0 Å². The Morgan fingerprint density at radius 1 is 1.41 bits per heavy atom. The number of carbonyl (C=O) groups is 2. The van der Waals surface area contributed by atoms with Gasteiger partial charge in [-0.15, -0.1) is 0 Å². The van der Waals surface area contributed by atoms with Crippen LogP contribution >= 0.6 is 0 Å². The molecule has 0 aliphatic carbocycles. The van der Waals surface area contributed by atoms with E-state index < -0.39 is 24.2 Å². The molecule has 1 aliphatic heterocycles. The quantitative estimate of drug-likeness (QED) is 0.899. The van der Waals surface area contributed by atoms with Crippen molar-refractivity contribution >= 4 is 11.8 Å². The second kappa shape index (κ2) is 5.98. The molecular weight excluding hydrogens is 303 g/mol. The normalized spacial score (nSPS) is 22.5. The highest BCUT2D eigenvalue weighted by atomic mass is 19.4. The molecule has 1 aromatic rings. The van der Waals surface area contributed by atoms with E-state index in [0.717, 1.165) is 0 Å². The van der Waals surface area contributed by atoms with Crippen LogP contribution in [0, 0.1) is 6.92 Å². The van der Waals surface area contributed by atoms with Crippen molar-refractivity contribution in [2.75, 3.05) is 6.54 Å². The summed E-state index contributed by atoms with van der Waals surface area (Å²) in [5.41, 5.74) is 0.405. The summed E-state index contributed by atoms with van der Waals surface area (Å²) < 4.78 is 44.2. The molecule has 0 aromatic carbocycles. The zero-order valence-corrected chi connectivity index (χ0v) is 12.1. The van der Waals surface area contributed by atoms with E-state index >= 15 is 0 Å². The van der Waals surface area contributed by atoms with Gasteiger partial charge in [0, 0.05) is 25.6 Å². The first-order valence-corrected chi connectivity index (χ1v) is 6.76. The van der Waals surface area contributed by atoms with Crippen LogP contribution in [-0.4, -0.2) is 46.7 Å². The molecular formula is C13H16F3N3O3. The molecule has 1 aliphatic rings. The van der Waals surface area contributed by atoms with Gasteiger partial charge in [-0.25, -0.2) is 0 Å². The van der Waals surface area contributed by atoms with Crippen LogP contribution in [0.5, 0.6) is 0 Å². The first-order chi connectivity index (χ1) is 10.2. The number of halogens is 3. The van der Waals surface area contributed by atoms with Crippen molar-refractivity contribution in [1.82, 2.24) is 15.4 Å². The van der Waals surface area contributed by atoms with Gasteiger partial charge in [-0.2, -0.15) is 13.2 Å². The summed E-state index contributed by atoms with van der Waals surface area (Å²) >= 11 is 0. The Morgan fingerprint density at radius 3 is 2.59 bits per heavy atom. The van der Waals surface area contributed by atoms with E-state index in [0.29, 0.717) is 10.6 Å². The number of piperidine rings is 1. The molecule has 1 saturated heterocycles. The third-order valence-corrected chi connectivity index (χ3v) is 3.47. The number of likely N-dealkylation sites (tertiary alicyclic amines) is 1. The molecule has 9 heteroatoms. The molecule has 0 bridgehead atoms. The van der Waals surface area contributed by atoms with Gasteiger partial charge in [0.15, 0.2) is 0 Å². The minimum Gasteiger partial charge on any atom is -0.352 e. The molecule has 0 radical (unpaired) electrons. The SMILES string of the molecule is CC(=O)NC1CCC(C(F)(F)F)N(C(=O)c2cc(C)no2)C1. The lowest BCUT2D eigenvalue weighted by molar-refractivity contribution is -0.184. The molecule has 6 nitrogen and oxygen atoms in total. The lowest BCUT2D eigenvalue weighted by atomic mass is 9.97. The van der Waals surface area contributed by atoms with E-state index in [4.69, 9.17) is 4.52 Å². The third kappa shape index (κ3) is 3.58. The maximum absolute atomic E-state index is 13.1. The fraction of sp³-hybridized carbons (Fsp3) is 0.615. The zero-order valence-electron chi connectivity index (χ0n) is 12.1. The number of hydrogen-bond acceptors (Lipinski definition) is 4. The van der Waals surface area contributed by atoms with Crippen LogP contribution in [0.15, 0.2) is 10.6 Å². The average molecular weight is 319 g/mol. The van der Waals surface area contributed by atoms with Crippen LogP contribution in [0.4, 0.5) is 13.2 Å². The highest BCUT2D eigenvalue weighted by Crippen LogP contribution is 2.33. The number of carbonyl (C=O) groups excluding carboxylic acids is 2. The molecule has 2 rings (SSSR count). The van der Waals surface area contributed by atoms with Gasteiger partial charge in [0.05, 0.1) is 5.69 Å². The lowest BCUT2D eigenvalue weighted by Gasteiger charge is -2.39. The minimum atomic E-state index is -4.54. The molecule has 122 valence electrons. The van der Waals surface area contributed by atoms with Gasteiger partial charge in [0.2, 0.25) is 11.7 Å². The topological polar surface area (TPSA) is 75.4 Å². The van der Waals surface area contributed by atoms with Crippen molar-refractivity contribution in [3.05, 3.63) is 17.5 Å². The molecule has 1 fully saturated rings. The molecule has 1 aromatic heterocycles.